The first-order valence-corrected chi connectivity index (χ1v) is 19.2. The minimum Gasteiger partial charge on any atom is -0.410 e. The van der Waals surface area contributed by atoms with Crippen molar-refractivity contribution in [2.75, 3.05) is 0 Å². The van der Waals surface area contributed by atoms with Gasteiger partial charge in [0.25, 0.3) is 0 Å². The fraction of sp³-hybridized carbons (Fsp3) is 0.667. The molecular weight excluding hydrogens is 654 g/mol. The maximum absolute atomic E-state index is 13.5. The van der Waals surface area contributed by atoms with E-state index in [0.717, 1.165) is 54.6 Å². The Morgan fingerprint density at radius 2 is 1.71 bits per heavy atom. The molecule has 1 aliphatic heterocycles. The monoisotopic (exact) mass is 699 g/mol. The van der Waals surface area contributed by atoms with Gasteiger partial charge in [-0.1, -0.05) is 83.2 Å². The number of fused-ring (bicyclic) bond motifs is 4. The molecule has 4 atom stereocenters. The summed E-state index contributed by atoms with van der Waals surface area (Å²) in [6, 6.07) is 5.58. The highest BCUT2D eigenvalue weighted by Gasteiger charge is 2.57. The Balaban J connectivity index is 1.78. The standard InChI is InChI=1S/C33H45F3INO2Si/c1-19(2)28-26-27(25-22(38-28)17-31(6,7)18-23(25)40-41(8,9)30(3,4)5)32(16-10-11-24(32)37)39-29(26)20-12-14-21(15-13-20)33(34,35)36/h12-15,19,23-24,29H,10-11,16-18H2,1-9H3/t23-,24?,29+,32?/m0/s1. The summed E-state index contributed by atoms with van der Waals surface area (Å²) in [5.74, 6) is 0.142. The Kier molecular flexibility index (Phi) is 7.90. The molecule has 2 unspecified atom stereocenters. The van der Waals surface area contributed by atoms with Crippen LogP contribution >= 0.6 is 22.6 Å². The second-order valence-corrected chi connectivity index (χ2v) is 21.3. The van der Waals surface area contributed by atoms with E-state index in [0.29, 0.717) is 0 Å². The van der Waals surface area contributed by atoms with E-state index in [-0.39, 0.29) is 26.4 Å². The molecule has 41 heavy (non-hydrogen) atoms. The molecular formula is C33H45F3INO2Si. The van der Waals surface area contributed by atoms with Gasteiger partial charge in [0, 0.05) is 32.0 Å². The molecule has 0 radical (unpaired) electrons. The fourth-order valence-corrected chi connectivity index (χ4v) is 9.32. The van der Waals surface area contributed by atoms with Gasteiger partial charge in [0.2, 0.25) is 0 Å². The average Bonchev–Trinajstić information content (AvgIpc) is 3.37. The van der Waals surface area contributed by atoms with Crippen LogP contribution in [-0.4, -0.2) is 17.2 Å². The van der Waals surface area contributed by atoms with Crippen LogP contribution in [0.5, 0.6) is 0 Å². The molecule has 0 bridgehead atoms. The third-order valence-corrected chi connectivity index (χ3v) is 16.1. The van der Waals surface area contributed by atoms with E-state index in [9.17, 15) is 13.2 Å². The molecule has 0 N–H and O–H groups in total. The molecule has 1 fully saturated rings. The van der Waals surface area contributed by atoms with Crippen LogP contribution in [0.1, 0.15) is 131 Å². The van der Waals surface area contributed by atoms with Crippen LogP contribution in [0.15, 0.2) is 24.3 Å². The van der Waals surface area contributed by atoms with Crippen molar-refractivity contribution < 1.29 is 22.3 Å². The number of aromatic nitrogens is 1. The average molecular weight is 700 g/mol. The molecule has 2 aliphatic carbocycles. The van der Waals surface area contributed by atoms with Crippen LogP contribution in [0, 0.1) is 5.41 Å². The highest BCUT2D eigenvalue weighted by molar-refractivity contribution is 14.1. The van der Waals surface area contributed by atoms with Gasteiger partial charge in [0.05, 0.1) is 11.7 Å². The van der Waals surface area contributed by atoms with E-state index >= 15 is 0 Å². The summed E-state index contributed by atoms with van der Waals surface area (Å²) in [6.07, 6.45) is -0.136. The molecule has 1 aromatic carbocycles. The predicted molar refractivity (Wildman–Crippen MR) is 169 cm³/mol. The maximum atomic E-state index is 13.5. The fourth-order valence-electron chi connectivity index (χ4n) is 6.85. The Hall–Kier alpha value is -0.973. The predicted octanol–water partition coefficient (Wildman–Crippen LogP) is 10.6. The molecule has 3 aliphatic rings. The van der Waals surface area contributed by atoms with E-state index < -0.39 is 31.8 Å². The van der Waals surface area contributed by atoms with Gasteiger partial charge in [-0.05, 0) is 79.3 Å². The number of halogens is 4. The first kappa shape index (κ1) is 31.5. The number of alkyl halides is 4. The summed E-state index contributed by atoms with van der Waals surface area (Å²) in [7, 11) is -2.14. The first-order chi connectivity index (χ1) is 18.8. The number of pyridine rings is 1. The van der Waals surface area contributed by atoms with Gasteiger partial charge in [-0.25, -0.2) is 0 Å². The first-order valence-electron chi connectivity index (χ1n) is 15.0. The largest absolute Gasteiger partial charge is 0.416 e. The van der Waals surface area contributed by atoms with Crippen LogP contribution in [0.3, 0.4) is 0 Å². The SMILES string of the molecule is CC(C)c1nc2c(c3c1[C@@H](c1ccc(C(F)(F)F)cc1)OC31CCCC1I)[C@@H](O[Si](C)(C)C(C)(C)C)CC(C)(C)C2. The lowest BCUT2D eigenvalue weighted by Gasteiger charge is -2.45. The molecule has 1 aromatic heterocycles. The van der Waals surface area contributed by atoms with E-state index in [2.05, 4.69) is 84.2 Å². The van der Waals surface area contributed by atoms with Gasteiger partial charge < -0.3 is 9.16 Å². The Morgan fingerprint density at radius 1 is 1.07 bits per heavy atom. The molecule has 0 saturated heterocycles. The van der Waals surface area contributed by atoms with Crippen molar-refractivity contribution in [3.05, 3.63) is 63.5 Å². The lowest BCUT2D eigenvalue weighted by molar-refractivity contribution is -0.137. The molecule has 2 heterocycles. The number of ether oxygens (including phenoxy) is 1. The van der Waals surface area contributed by atoms with E-state index in [1.165, 1.54) is 23.3 Å². The number of nitrogens with zero attached hydrogens (tertiary/aromatic N) is 1. The summed E-state index contributed by atoms with van der Waals surface area (Å²) in [5.41, 5.74) is 5.32. The van der Waals surface area contributed by atoms with Gasteiger partial charge >= 0.3 is 6.18 Å². The summed E-state index contributed by atoms with van der Waals surface area (Å²) in [6.45, 7) is 20.4. The van der Waals surface area contributed by atoms with Gasteiger partial charge in [0.15, 0.2) is 8.32 Å². The lowest BCUT2D eigenvalue weighted by atomic mass is 9.70. The van der Waals surface area contributed by atoms with Gasteiger partial charge in [-0.2, -0.15) is 13.2 Å². The van der Waals surface area contributed by atoms with Crippen LogP contribution < -0.4 is 0 Å². The van der Waals surface area contributed by atoms with Crippen molar-refractivity contribution in [1.82, 2.24) is 4.98 Å². The van der Waals surface area contributed by atoms with Crippen LogP contribution in [0.2, 0.25) is 18.1 Å². The highest BCUT2D eigenvalue weighted by Crippen LogP contribution is 2.62. The third-order valence-electron chi connectivity index (χ3n) is 9.94. The third kappa shape index (κ3) is 5.46. The molecule has 0 amide bonds. The minimum atomic E-state index is -4.38. The van der Waals surface area contributed by atoms with E-state index in [1.54, 1.807) is 12.1 Å². The quantitative estimate of drug-likeness (QED) is 0.181. The van der Waals surface area contributed by atoms with Crippen molar-refractivity contribution in [1.29, 1.82) is 0 Å². The lowest BCUT2D eigenvalue weighted by Crippen LogP contribution is -2.44. The van der Waals surface area contributed by atoms with Gasteiger partial charge in [0.1, 0.15) is 11.7 Å². The summed E-state index contributed by atoms with van der Waals surface area (Å²) in [5, 5.41) is 0.0549. The number of hydrogen-bond donors (Lipinski definition) is 0. The molecule has 226 valence electrons. The van der Waals surface area contributed by atoms with Crippen LogP contribution in [0.25, 0.3) is 0 Å². The summed E-state index contributed by atoms with van der Waals surface area (Å²) in [4.78, 5) is 5.41. The second-order valence-electron chi connectivity index (χ2n) is 15.1. The zero-order valence-electron chi connectivity index (χ0n) is 25.9. The van der Waals surface area contributed by atoms with Crippen LogP contribution in [-0.2, 0) is 27.4 Å². The maximum Gasteiger partial charge on any atom is 0.416 e. The summed E-state index contributed by atoms with van der Waals surface area (Å²) < 4.78 is 55.1. The molecule has 3 nitrogen and oxygen atoms in total. The van der Waals surface area contributed by atoms with Crippen molar-refractivity contribution in [2.45, 2.75) is 133 Å². The Labute approximate surface area is 258 Å². The molecule has 5 rings (SSSR count). The Morgan fingerprint density at radius 3 is 2.22 bits per heavy atom. The number of rotatable bonds is 4. The number of hydrogen-bond acceptors (Lipinski definition) is 3. The smallest absolute Gasteiger partial charge is 0.410 e. The van der Waals surface area contributed by atoms with E-state index in [1.807, 2.05) is 0 Å². The van der Waals surface area contributed by atoms with E-state index in [4.69, 9.17) is 14.1 Å². The van der Waals surface area contributed by atoms with Crippen molar-refractivity contribution in [2.24, 2.45) is 5.41 Å². The minimum absolute atomic E-state index is 0.0361. The molecule has 2 aromatic rings. The van der Waals surface area contributed by atoms with Crippen molar-refractivity contribution in [3.63, 3.8) is 0 Å². The van der Waals surface area contributed by atoms with Gasteiger partial charge in [-0.3, -0.25) is 4.98 Å². The Bertz CT molecular complexity index is 1320. The van der Waals surface area contributed by atoms with Crippen LogP contribution in [0.4, 0.5) is 13.2 Å². The molecule has 1 spiro atoms. The van der Waals surface area contributed by atoms with Crippen molar-refractivity contribution in [3.8, 4) is 0 Å². The normalized spacial score (nSPS) is 27.9. The molecule has 1 saturated carbocycles. The topological polar surface area (TPSA) is 31.4 Å². The molecule has 8 heteroatoms. The summed E-state index contributed by atoms with van der Waals surface area (Å²) >= 11 is 2.56. The zero-order chi connectivity index (χ0) is 30.3. The van der Waals surface area contributed by atoms with Gasteiger partial charge in [-0.15, -0.1) is 0 Å². The highest BCUT2D eigenvalue weighted by atomic mass is 127. The zero-order valence-corrected chi connectivity index (χ0v) is 29.1. The second kappa shape index (κ2) is 10.3. The van der Waals surface area contributed by atoms with Crippen molar-refractivity contribution >= 4 is 30.9 Å². The number of benzene rings is 1.